The van der Waals surface area contributed by atoms with E-state index in [1.54, 1.807) is 6.33 Å². The van der Waals surface area contributed by atoms with Crippen molar-refractivity contribution >= 4 is 17.3 Å². The monoisotopic (exact) mass is 291 g/mol. The van der Waals surface area contributed by atoms with Crippen molar-refractivity contribution in [3.63, 3.8) is 0 Å². The van der Waals surface area contributed by atoms with Crippen LogP contribution < -0.4 is 10.6 Å². The fourth-order valence-electron chi connectivity index (χ4n) is 2.64. The van der Waals surface area contributed by atoms with Gasteiger partial charge in [0.25, 0.3) is 0 Å². The van der Waals surface area contributed by atoms with Crippen LogP contribution in [-0.4, -0.2) is 27.4 Å². The summed E-state index contributed by atoms with van der Waals surface area (Å²) in [6.45, 7) is 4.58. The number of nitrogens with zero attached hydrogens (tertiary/aromatic N) is 4. The SMILES string of the molecule is CC(N)Cc1c(Cl)cccc1N1CCn2cnnc2C1. The normalized spacial score (nSPS) is 16.1. The van der Waals surface area contributed by atoms with Gasteiger partial charge in [0.1, 0.15) is 6.33 Å². The quantitative estimate of drug-likeness (QED) is 0.937. The van der Waals surface area contributed by atoms with Gasteiger partial charge in [0.15, 0.2) is 5.82 Å². The lowest BCUT2D eigenvalue weighted by Gasteiger charge is -2.31. The number of halogens is 1. The minimum absolute atomic E-state index is 0.0853. The molecule has 20 heavy (non-hydrogen) atoms. The number of rotatable bonds is 3. The molecule has 0 amide bonds. The molecule has 1 atom stereocenters. The van der Waals surface area contributed by atoms with Crippen molar-refractivity contribution < 1.29 is 0 Å². The maximum absolute atomic E-state index is 6.36. The van der Waals surface area contributed by atoms with Crippen LogP contribution in [-0.2, 0) is 19.5 Å². The molecule has 0 aliphatic carbocycles. The standard InChI is InChI=1S/C14H18ClN5/c1-10(16)7-11-12(15)3-2-4-13(11)19-5-6-20-9-17-18-14(20)8-19/h2-4,9-10H,5-8,16H2,1H3. The third-order valence-corrected chi connectivity index (χ3v) is 3.95. The lowest BCUT2D eigenvalue weighted by Crippen LogP contribution is -2.34. The molecule has 1 aromatic carbocycles. The molecule has 5 nitrogen and oxygen atoms in total. The molecule has 0 saturated heterocycles. The summed E-state index contributed by atoms with van der Waals surface area (Å²) in [5, 5.41) is 8.90. The first-order valence-electron chi connectivity index (χ1n) is 6.79. The zero-order valence-corrected chi connectivity index (χ0v) is 12.2. The number of hydrogen-bond donors (Lipinski definition) is 1. The fraction of sp³-hybridized carbons (Fsp3) is 0.429. The molecule has 0 saturated carbocycles. The Morgan fingerprint density at radius 2 is 2.25 bits per heavy atom. The third kappa shape index (κ3) is 2.51. The number of aromatic nitrogens is 3. The topological polar surface area (TPSA) is 60.0 Å². The van der Waals surface area contributed by atoms with Gasteiger partial charge in [-0.05, 0) is 31.0 Å². The second-order valence-electron chi connectivity index (χ2n) is 5.28. The Morgan fingerprint density at radius 3 is 3.05 bits per heavy atom. The fourth-order valence-corrected chi connectivity index (χ4v) is 2.89. The van der Waals surface area contributed by atoms with Crippen molar-refractivity contribution in [2.24, 2.45) is 5.73 Å². The van der Waals surface area contributed by atoms with E-state index in [0.29, 0.717) is 0 Å². The van der Waals surface area contributed by atoms with Gasteiger partial charge in [0.05, 0.1) is 6.54 Å². The van der Waals surface area contributed by atoms with Crippen molar-refractivity contribution in [2.45, 2.75) is 32.5 Å². The van der Waals surface area contributed by atoms with Crippen LogP contribution in [0.2, 0.25) is 5.02 Å². The molecule has 6 heteroatoms. The van der Waals surface area contributed by atoms with Crippen LogP contribution in [0.15, 0.2) is 24.5 Å². The van der Waals surface area contributed by atoms with Gasteiger partial charge in [0, 0.05) is 29.8 Å². The van der Waals surface area contributed by atoms with E-state index in [-0.39, 0.29) is 6.04 Å². The highest BCUT2D eigenvalue weighted by atomic mass is 35.5. The molecule has 1 aliphatic rings. The maximum atomic E-state index is 6.36. The second-order valence-corrected chi connectivity index (χ2v) is 5.69. The molecular formula is C14H18ClN5. The Labute approximate surface area is 123 Å². The Morgan fingerprint density at radius 1 is 1.40 bits per heavy atom. The molecule has 0 fully saturated rings. The predicted octanol–water partition coefficient (Wildman–Crippen LogP) is 1.84. The molecule has 0 radical (unpaired) electrons. The lowest BCUT2D eigenvalue weighted by molar-refractivity contribution is 0.558. The second kappa shape index (κ2) is 5.42. The lowest BCUT2D eigenvalue weighted by atomic mass is 10.0. The van der Waals surface area contributed by atoms with Crippen molar-refractivity contribution in [1.82, 2.24) is 14.8 Å². The Kier molecular flexibility index (Phi) is 3.63. The smallest absolute Gasteiger partial charge is 0.152 e. The zero-order valence-electron chi connectivity index (χ0n) is 11.5. The molecule has 1 unspecified atom stereocenters. The largest absolute Gasteiger partial charge is 0.362 e. The molecule has 2 N–H and O–H groups in total. The zero-order chi connectivity index (χ0) is 14.1. The maximum Gasteiger partial charge on any atom is 0.152 e. The van der Waals surface area contributed by atoms with Gasteiger partial charge in [-0.15, -0.1) is 10.2 Å². The van der Waals surface area contributed by atoms with Crippen LogP contribution in [0, 0.1) is 0 Å². The van der Waals surface area contributed by atoms with Gasteiger partial charge in [-0.1, -0.05) is 17.7 Å². The predicted molar refractivity (Wildman–Crippen MR) is 79.9 cm³/mol. The molecule has 1 aromatic heterocycles. The molecule has 2 heterocycles. The number of benzene rings is 1. The molecule has 0 bridgehead atoms. The molecular weight excluding hydrogens is 274 g/mol. The summed E-state index contributed by atoms with van der Waals surface area (Å²) < 4.78 is 2.09. The summed E-state index contributed by atoms with van der Waals surface area (Å²) in [6.07, 6.45) is 2.56. The number of nitrogens with two attached hydrogens (primary N) is 1. The van der Waals surface area contributed by atoms with E-state index in [9.17, 15) is 0 Å². The molecule has 1 aliphatic heterocycles. The van der Waals surface area contributed by atoms with Gasteiger partial charge in [-0.25, -0.2) is 0 Å². The first-order valence-corrected chi connectivity index (χ1v) is 7.17. The average Bonchev–Trinajstić information content (AvgIpc) is 2.88. The number of anilines is 1. The van der Waals surface area contributed by atoms with Gasteiger partial charge in [-0.3, -0.25) is 0 Å². The van der Waals surface area contributed by atoms with E-state index in [1.807, 2.05) is 19.1 Å². The van der Waals surface area contributed by atoms with Gasteiger partial charge in [-0.2, -0.15) is 0 Å². The van der Waals surface area contributed by atoms with Crippen molar-refractivity contribution in [2.75, 3.05) is 11.4 Å². The molecule has 3 rings (SSSR count). The summed E-state index contributed by atoms with van der Waals surface area (Å²) in [7, 11) is 0. The van der Waals surface area contributed by atoms with Gasteiger partial charge in [0.2, 0.25) is 0 Å². The van der Waals surface area contributed by atoms with Crippen molar-refractivity contribution in [3.8, 4) is 0 Å². The molecule has 106 valence electrons. The third-order valence-electron chi connectivity index (χ3n) is 3.60. The van der Waals surface area contributed by atoms with Crippen LogP contribution in [0.5, 0.6) is 0 Å². The van der Waals surface area contributed by atoms with E-state index in [4.69, 9.17) is 17.3 Å². The molecule has 0 spiro atoms. The van der Waals surface area contributed by atoms with Gasteiger partial charge >= 0.3 is 0 Å². The molecule has 2 aromatic rings. The highest BCUT2D eigenvalue weighted by Crippen LogP contribution is 2.30. The number of hydrogen-bond acceptors (Lipinski definition) is 4. The van der Waals surface area contributed by atoms with Crippen molar-refractivity contribution in [1.29, 1.82) is 0 Å². The Bertz CT molecular complexity index is 607. The van der Waals surface area contributed by atoms with Gasteiger partial charge < -0.3 is 15.2 Å². The van der Waals surface area contributed by atoms with E-state index in [2.05, 4.69) is 25.7 Å². The minimum Gasteiger partial charge on any atom is -0.362 e. The summed E-state index contributed by atoms with van der Waals surface area (Å²) in [5.41, 5.74) is 8.23. The van der Waals surface area contributed by atoms with E-state index in [1.165, 1.54) is 0 Å². The first-order chi connectivity index (χ1) is 9.65. The highest BCUT2D eigenvalue weighted by molar-refractivity contribution is 6.31. The van der Waals surface area contributed by atoms with E-state index < -0.39 is 0 Å². The first kappa shape index (κ1) is 13.4. The van der Waals surface area contributed by atoms with Crippen LogP contribution >= 0.6 is 11.6 Å². The Hall–Kier alpha value is -1.59. The van der Waals surface area contributed by atoms with Crippen LogP contribution in [0.25, 0.3) is 0 Å². The summed E-state index contributed by atoms with van der Waals surface area (Å²) >= 11 is 6.36. The van der Waals surface area contributed by atoms with E-state index in [0.717, 1.165) is 48.2 Å². The average molecular weight is 292 g/mol. The van der Waals surface area contributed by atoms with E-state index >= 15 is 0 Å². The summed E-state index contributed by atoms with van der Waals surface area (Å²) in [5.74, 6) is 0.989. The van der Waals surface area contributed by atoms with Crippen molar-refractivity contribution in [3.05, 3.63) is 40.9 Å². The Balaban J connectivity index is 1.93. The number of fused-ring (bicyclic) bond motifs is 1. The van der Waals surface area contributed by atoms with Crippen LogP contribution in [0.1, 0.15) is 18.3 Å². The van der Waals surface area contributed by atoms with Crippen LogP contribution in [0.3, 0.4) is 0 Å². The summed E-state index contributed by atoms with van der Waals surface area (Å²) in [4.78, 5) is 2.30. The van der Waals surface area contributed by atoms with Crippen LogP contribution in [0.4, 0.5) is 5.69 Å². The highest BCUT2D eigenvalue weighted by Gasteiger charge is 2.21. The minimum atomic E-state index is 0.0853. The summed E-state index contributed by atoms with van der Waals surface area (Å²) in [6, 6.07) is 6.11.